The topological polar surface area (TPSA) is 122 Å². The number of amides is 1. The van der Waals surface area contributed by atoms with E-state index in [0.29, 0.717) is 18.1 Å². The zero-order chi connectivity index (χ0) is 28.6. The van der Waals surface area contributed by atoms with Gasteiger partial charge in [-0.2, -0.15) is 0 Å². The summed E-state index contributed by atoms with van der Waals surface area (Å²) < 4.78 is 77.5. The molecule has 0 aromatic heterocycles. The van der Waals surface area contributed by atoms with Crippen molar-refractivity contribution >= 4 is 31.6 Å². The van der Waals surface area contributed by atoms with Gasteiger partial charge in [0.15, 0.2) is 0 Å². The zero-order valence-corrected chi connectivity index (χ0v) is 23.3. The van der Waals surface area contributed by atoms with E-state index in [9.17, 15) is 26.0 Å². The number of rotatable bonds is 13. The third-order valence-electron chi connectivity index (χ3n) is 5.42. The Kier molecular flexibility index (Phi) is 9.89. The van der Waals surface area contributed by atoms with Crippen LogP contribution in [-0.4, -0.2) is 67.4 Å². The summed E-state index contributed by atoms with van der Waals surface area (Å²) in [7, 11) is -4.88. The highest BCUT2D eigenvalue weighted by Gasteiger charge is 2.27. The molecule has 3 aromatic rings. The Labute approximate surface area is 228 Å². The molecule has 1 N–H and O–H groups in total. The van der Waals surface area contributed by atoms with Crippen molar-refractivity contribution in [3.8, 4) is 11.5 Å². The summed E-state index contributed by atoms with van der Waals surface area (Å²) in [6.45, 7) is 1.77. The van der Waals surface area contributed by atoms with Crippen molar-refractivity contribution in [2.24, 2.45) is 0 Å². The number of benzene rings is 3. The van der Waals surface area contributed by atoms with E-state index in [1.807, 2.05) is 0 Å². The van der Waals surface area contributed by atoms with Crippen molar-refractivity contribution in [2.75, 3.05) is 44.7 Å². The number of hydrogen-bond acceptors (Lipinski definition) is 7. The summed E-state index contributed by atoms with van der Waals surface area (Å²) in [6, 6.07) is 16.4. The Morgan fingerprint density at radius 2 is 1.31 bits per heavy atom. The number of halogens is 1. The first-order valence-electron chi connectivity index (χ1n) is 11.9. The highest BCUT2D eigenvalue weighted by molar-refractivity contribution is 7.92. The SMILES string of the molecule is CCOc1ccc(S(=O)(=O)N(CC(=O)NCCOc2ccc(S(=O)(=O)N(C)C)cc2)c2ccc(F)cc2)cc1. The van der Waals surface area contributed by atoms with E-state index in [1.54, 1.807) is 6.92 Å². The van der Waals surface area contributed by atoms with Crippen LogP contribution in [0.4, 0.5) is 10.1 Å². The van der Waals surface area contributed by atoms with Gasteiger partial charge in [-0.1, -0.05) is 0 Å². The van der Waals surface area contributed by atoms with Crippen LogP contribution >= 0.6 is 0 Å². The van der Waals surface area contributed by atoms with Gasteiger partial charge in [0.25, 0.3) is 10.0 Å². The predicted octanol–water partition coefficient (Wildman–Crippen LogP) is 2.87. The van der Waals surface area contributed by atoms with Crippen LogP contribution in [0, 0.1) is 5.82 Å². The van der Waals surface area contributed by atoms with Gasteiger partial charge in [-0.25, -0.2) is 25.5 Å². The molecule has 0 saturated heterocycles. The standard InChI is InChI=1S/C26H30FN3O7S2/c1-4-36-22-9-15-25(16-10-22)39(34,35)30(21-7-5-20(27)6-8-21)19-26(31)28-17-18-37-23-11-13-24(14-12-23)38(32,33)29(2)3/h5-16H,4,17-19H2,1-3H3,(H,28,31). The van der Waals surface area contributed by atoms with Crippen LogP contribution in [-0.2, 0) is 24.8 Å². The molecule has 3 rings (SSSR count). The van der Waals surface area contributed by atoms with E-state index in [-0.39, 0.29) is 28.6 Å². The number of hydrogen-bond donors (Lipinski definition) is 1. The second-order valence-corrected chi connectivity index (χ2v) is 12.4. The average Bonchev–Trinajstić information content (AvgIpc) is 2.91. The van der Waals surface area contributed by atoms with Crippen molar-refractivity contribution in [1.82, 2.24) is 9.62 Å². The molecule has 3 aromatic carbocycles. The summed E-state index contributed by atoms with van der Waals surface area (Å²) in [6.07, 6.45) is 0. The zero-order valence-electron chi connectivity index (χ0n) is 21.7. The maximum absolute atomic E-state index is 13.5. The smallest absolute Gasteiger partial charge is 0.264 e. The minimum atomic E-state index is -4.18. The molecule has 39 heavy (non-hydrogen) atoms. The lowest BCUT2D eigenvalue weighted by atomic mass is 10.3. The Hall–Kier alpha value is -3.68. The molecule has 0 spiro atoms. The number of sulfonamides is 2. The third kappa shape index (κ3) is 7.68. The normalized spacial score (nSPS) is 11.7. The minimum Gasteiger partial charge on any atom is -0.494 e. The molecular formula is C26H30FN3O7S2. The van der Waals surface area contributed by atoms with E-state index in [0.717, 1.165) is 20.7 Å². The molecule has 210 valence electrons. The molecule has 0 bridgehead atoms. The van der Waals surface area contributed by atoms with Gasteiger partial charge in [0.1, 0.15) is 30.5 Å². The quantitative estimate of drug-likeness (QED) is 0.309. The van der Waals surface area contributed by atoms with Crippen LogP contribution in [0.1, 0.15) is 6.92 Å². The van der Waals surface area contributed by atoms with Gasteiger partial charge < -0.3 is 14.8 Å². The average molecular weight is 580 g/mol. The maximum Gasteiger partial charge on any atom is 0.264 e. The summed E-state index contributed by atoms with van der Waals surface area (Å²) in [5, 5.41) is 2.60. The molecule has 0 aliphatic carbocycles. The molecule has 0 aliphatic heterocycles. The Bertz CT molecular complexity index is 1460. The van der Waals surface area contributed by atoms with Crippen molar-refractivity contribution in [2.45, 2.75) is 16.7 Å². The first kappa shape index (κ1) is 29.9. The van der Waals surface area contributed by atoms with Crippen LogP contribution in [0.5, 0.6) is 11.5 Å². The van der Waals surface area contributed by atoms with E-state index < -0.39 is 38.3 Å². The first-order chi connectivity index (χ1) is 18.4. The molecule has 0 radical (unpaired) electrons. The van der Waals surface area contributed by atoms with E-state index in [4.69, 9.17) is 9.47 Å². The number of ether oxygens (including phenoxy) is 2. The number of nitrogens with one attached hydrogen (secondary N) is 1. The van der Waals surface area contributed by atoms with Gasteiger partial charge in [-0.05, 0) is 79.7 Å². The van der Waals surface area contributed by atoms with Gasteiger partial charge in [0.2, 0.25) is 15.9 Å². The number of anilines is 1. The van der Waals surface area contributed by atoms with Crippen LogP contribution < -0.4 is 19.1 Å². The first-order valence-corrected chi connectivity index (χ1v) is 14.8. The number of nitrogens with zero attached hydrogens (tertiary/aromatic N) is 2. The molecule has 1 amide bonds. The largest absolute Gasteiger partial charge is 0.494 e. The molecule has 10 nitrogen and oxygen atoms in total. The fourth-order valence-electron chi connectivity index (χ4n) is 3.39. The monoisotopic (exact) mass is 579 g/mol. The molecular weight excluding hydrogens is 549 g/mol. The van der Waals surface area contributed by atoms with Crippen molar-refractivity contribution in [3.63, 3.8) is 0 Å². The lowest BCUT2D eigenvalue weighted by molar-refractivity contribution is -0.119. The van der Waals surface area contributed by atoms with Gasteiger partial charge >= 0.3 is 0 Å². The van der Waals surface area contributed by atoms with Crippen LogP contribution in [0.2, 0.25) is 0 Å². The van der Waals surface area contributed by atoms with Gasteiger partial charge in [0, 0.05) is 14.1 Å². The fourth-order valence-corrected chi connectivity index (χ4v) is 5.71. The van der Waals surface area contributed by atoms with Crippen molar-refractivity contribution < 1.29 is 35.5 Å². The predicted molar refractivity (Wildman–Crippen MR) is 144 cm³/mol. The van der Waals surface area contributed by atoms with Gasteiger partial charge in [-0.15, -0.1) is 0 Å². The fraction of sp³-hybridized carbons (Fsp3) is 0.269. The summed E-state index contributed by atoms with van der Waals surface area (Å²) in [5.41, 5.74) is 0.115. The Morgan fingerprint density at radius 1 is 0.795 bits per heavy atom. The third-order valence-corrected chi connectivity index (χ3v) is 9.04. The maximum atomic E-state index is 13.5. The molecule has 0 aliphatic rings. The molecule has 0 atom stereocenters. The number of carbonyl (C=O) groups is 1. The van der Waals surface area contributed by atoms with E-state index >= 15 is 0 Å². The highest BCUT2D eigenvalue weighted by Crippen LogP contribution is 2.25. The minimum absolute atomic E-state index is 0.0493. The Balaban J connectivity index is 1.65. The summed E-state index contributed by atoms with van der Waals surface area (Å²) in [5.74, 6) is -0.263. The molecule has 13 heteroatoms. The Morgan fingerprint density at radius 3 is 1.82 bits per heavy atom. The van der Waals surface area contributed by atoms with Crippen LogP contribution in [0.3, 0.4) is 0 Å². The van der Waals surface area contributed by atoms with E-state index in [2.05, 4.69) is 5.32 Å². The summed E-state index contributed by atoms with van der Waals surface area (Å²) in [4.78, 5) is 12.8. The molecule has 0 fully saturated rings. The van der Waals surface area contributed by atoms with Gasteiger partial charge in [0.05, 0.1) is 28.6 Å². The lowest BCUT2D eigenvalue weighted by Gasteiger charge is -2.24. The van der Waals surface area contributed by atoms with Crippen molar-refractivity contribution in [1.29, 1.82) is 0 Å². The van der Waals surface area contributed by atoms with Crippen molar-refractivity contribution in [3.05, 3.63) is 78.6 Å². The second-order valence-electron chi connectivity index (χ2n) is 8.35. The molecule has 0 unspecified atom stereocenters. The molecule has 0 saturated carbocycles. The number of carbonyl (C=O) groups excluding carboxylic acids is 1. The second kappa shape index (κ2) is 12.9. The van der Waals surface area contributed by atoms with Crippen LogP contribution in [0.25, 0.3) is 0 Å². The molecule has 0 heterocycles. The highest BCUT2D eigenvalue weighted by atomic mass is 32.2. The summed E-state index contributed by atoms with van der Waals surface area (Å²) >= 11 is 0. The van der Waals surface area contributed by atoms with Crippen LogP contribution in [0.15, 0.2) is 82.6 Å². The van der Waals surface area contributed by atoms with Gasteiger partial charge in [-0.3, -0.25) is 9.10 Å². The van der Waals surface area contributed by atoms with E-state index in [1.165, 1.54) is 74.8 Å². The lowest BCUT2D eigenvalue weighted by Crippen LogP contribution is -2.41.